The number of carbonyl (C=O) groups excluding carboxylic acids is 1. The first-order valence-electron chi connectivity index (χ1n) is 7.53. The standard InChI is InChI=1S/C18H20N2O4/c1-11-7-12(2)16(13(3)8-11)10-24-15-5-6-17(19-14(4)21)18(9-15)20(22)23/h5-9H,10H2,1-4H3,(H,19,21). The molecule has 0 aromatic heterocycles. The fourth-order valence-corrected chi connectivity index (χ4v) is 2.64. The maximum Gasteiger partial charge on any atom is 0.296 e. The van der Waals surface area contributed by atoms with Crippen LogP contribution in [-0.2, 0) is 11.4 Å². The SMILES string of the molecule is CC(=O)Nc1ccc(OCc2c(C)cc(C)cc2C)cc1[N+](=O)[O-]. The highest BCUT2D eigenvalue weighted by Crippen LogP contribution is 2.30. The smallest absolute Gasteiger partial charge is 0.296 e. The molecule has 0 bridgehead atoms. The number of anilines is 1. The zero-order chi connectivity index (χ0) is 17.9. The molecule has 6 heteroatoms. The number of benzene rings is 2. The molecule has 0 fully saturated rings. The molecule has 0 heterocycles. The topological polar surface area (TPSA) is 81.5 Å². The summed E-state index contributed by atoms with van der Waals surface area (Å²) >= 11 is 0. The molecule has 0 atom stereocenters. The Balaban J connectivity index is 2.23. The number of hydrogen-bond acceptors (Lipinski definition) is 4. The second-order valence-corrected chi connectivity index (χ2v) is 5.78. The quantitative estimate of drug-likeness (QED) is 0.663. The Labute approximate surface area is 140 Å². The van der Waals surface area contributed by atoms with E-state index in [0.29, 0.717) is 12.4 Å². The van der Waals surface area contributed by atoms with E-state index in [1.54, 1.807) is 6.07 Å². The highest BCUT2D eigenvalue weighted by Gasteiger charge is 2.16. The van der Waals surface area contributed by atoms with Gasteiger partial charge >= 0.3 is 0 Å². The van der Waals surface area contributed by atoms with Crippen molar-refractivity contribution in [2.75, 3.05) is 5.32 Å². The van der Waals surface area contributed by atoms with Crippen LogP contribution in [0.25, 0.3) is 0 Å². The normalized spacial score (nSPS) is 10.3. The van der Waals surface area contributed by atoms with Crippen LogP contribution in [-0.4, -0.2) is 10.8 Å². The summed E-state index contributed by atoms with van der Waals surface area (Å²) in [6.45, 7) is 7.70. The summed E-state index contributed by atoms with van der Waals surface area (Å²) in [5.41, 5.74) is 4.45. The lowest BCUT2D eigenvalue weighted by Crippen LogP contribution is -2.08. The molecule has 0 aliphatic rings. The molecule has 0 saturated carbocycles. The van der Waals surface area contributed by atoms with E-state index in [1.807, 2.05) is 20.8 Å². The van der Waals surface area contributed by atoms with Gasteiger partial charge in [-0.05, 0) is 49.6 Å². The Bertz CT molecular complexity index is 777. The molecule has 0 spiro atoms. The molecule has 6 nitrogen and oxygen atoms in total. The highest BCUT2D eigenvalue weighted by molar-refractivity contribution is 5.91. The van der Waals surface area contributed by atoms with Crippen LogP contribution in [0.5, 0.6) is 5.75 Å². The van der Waals surface area contributed by atoms with Crippen molar-refractivity contribution >= 4 is 17.3 Å². The van der Waals surface area contributed by atoms with Crippen molar-refractivity contribution in [3.8, 4) is 5.75 Å². The van der Waals surface area contributed by atoms with Gasteiger partial charge in [-0.1, -0.05) is 17.7 Å². The largest absolute Gasteiger partial charge is 0.489 e. The second kappa shape index (κ2) is 7.12. The van der Waals surface area contributed by atoms with E-state index >= 15 is 0 Å². The van der Waals surface area contributed by atoms with Crippen LogP contribution < -0.4 is 10.1 Å². The number of amides is 1. The monoisotopic (exact) mass is 328 g/mol. The zero-order valence-electron chi connectivity index (χ0n) is 14.2. The van der Waals surface area contributed by atoms with Gasteiger partial charge in [-0.25, -0.2) is 0 Å². The summed E-state index contributed by atoms with van der Waals surface area (Å²) in [6.07, 6.45) is 0. The predicted molar refractivity (Wildman–Crippen MR) is 92.4 cm³/mol. The Kier molecular flexibility index (Phi) is 5.18. The van der Waals surface area contributed by atoms with Gasteiger partial charge in [0.15, 0.2) is 0 Å². The van der Waals surface area contributed by atoms with Gasteiger partial charge in [0.2, 0.25) is 5.91 Å². The van der Waals surface area contributed by atoms with Crippen LogP contribution in [0.4, 0.5) is 11.4 Å². The molecule has 0 aliphatic heterocycles. The average molecular weight is 328 g/mol. The summed E-state index contributed by atoms with van der Waals surface area (Å²) in [4.78, 5) is 21.8. The lowest BCUT2D eigenvalue weighted by atomic mass is 10.0. The zero-order valence-corrected chi connectivity index (χ0v) is 14.2. The minimum absolute atomic E-state index is 0.155. The van der Waals surface area contributed by atoms with Gasteiger partial charge in [0, 0.05) is 6.92 Å². The lowest BCUT2D eigenvalue weighted by Gasteiger charge is -2.13. The van der Waals surface area contributed by atoms with Crippen LogP contribution in [0.1, 0.15) is 29.2 Å². The van der Waals surface area contributed by atoms with Crippen molar-refractivity contribution in [1.29, 1.82) is 0 Å². The van der Waals surface area contributed by atoms with Crippen molar-refractivity contribution in [3.63, 3.8) is 0 Å². The predicted octanol–water partition coefficient (Wildman–Crippen LogP) is 4.06. The fraction of sp³-hybridized carbons (Fsp3) is 0.278. The number of nitrogens with one attached hydrogen (secondary N) is 1. The van der Waals surface area contributed by atoms with E-state index in [-0.39, 0.29) is 17.3 Å². The van der Waals surface area contributed by atoms with Crippen molar-refractivity contribution in [3.05, 3.63) is 62.7 Å². The first kappa shape index (κ1) is 17.5. The van der Waals surface area contributed by atoms with Crippen molar-refractivity contribution in [2.24, 2.45) is 0 Å². The van der Waals surface area contributed by atoms with E-state index in [2.05, 4.69) is 17.4 Å². The molecule has 2 rings (SSSR count). The summed E-state index contributed by atoms with van der Waals surface area (Å²) in [5.74, 6) is 0.0212. The molecule has 2 aromatic rings. The molecule has 0 unspecified atom stereocenters. The summed E-state index contributed by atoms with van der Waals surface area (Å²) in [6, 6.07) is 8.56. The summed E-state index contributed by atoms with van der Waals surface area (Å²) in [5, 5.41) is 13.6. The molecule has 2 aromatic carbocycles. The highest BCUT2D eigenvalue weighted by atomic mass is 16.6. The van der Waals surface area contributed by atoms with Gasteiger partial charge in [0.05, 0.1) is 11.0 Å². The Morgan fingerprint density at radius 2 is 1.79 bits per heavy atom. The minimum Gasteiger partial charge on any atom is -0.489 e. The third kappa shape index (κ3) is 4.10. The van der Waals surface area contributed by atoms with E-state index in [9.17, 15) is 14.9 Å². The van der Waals surface area contributed by atoms with Crippen LogP contribution in [0.3, 0.4) is 0 Å². The average Bonchev–Trinajstić information content (AvgIpc) is 2.46. The maximum absolute atomic E-state index is 11.2. The van der Waals surface area contributed by atoms with E-state index in [0.717, 1.165) is 16.7 Å². The second-order valence-electron chi connectivity index (χ2n) is 5.78. The Morgan fingerprint density at radius 1 is 1.17 bits per heavy atom. The molecule has 0 radical (unpaired) electrons. The van der Waals surface area contributed by atoms with Crippen molar-refractivity contribution in [1.82, 2.24) is 0 Å². The maximum atomic E-state index is 11.2. The molecule has 0 saturated heterocycles. The van der Waals surface area contributed by atoms with Gasteiger partial charge in [0.1, 0.15) is 18.0 Å². The molecule has 1 N–H and O–H groups in total. The van der Waals surface area contributed by atoms with E-state index in [4.69, 9.17) is 4.74 Å². The van der Waals surface area contributed by atoms with E-state index in [1.165, 1.54) is 24.6 Å². The Morgan fingerprint density at radius 3 is 2.33 bits per heavy atom. The van der Waals surface area contributed by atoms with Gasteiger partial charge in [-0.15, -0.1) is 0 Å². The van der Waals surface area contributed by atoms with Crippen molar-refractivity contribution in [2.45, 2.75) is 34.3 Å². The lowest BCUT2D eigenvalue weighted by molar-refractivity contribution is -0.384. The van der Waals surface area contributed by atoms with Crippen LogP contribution in [0.15, 0.2) is 30.3 Å². The summed E-state index contributed by atoms with van der Waals surface area (Å²) in [7, 11) is 0. The number of ether oxygens (including phenoxy) is 1. The minimum atomic E-state index is -0.541. The molecule has 0 aliphatic carbocycles. The van der Waals surface area contributed by atoms with Crippen LogP contribution in [0, 0.1) is 30.9 Å². The number of carbonyl (C=O) groups is 1. The van der Waals surface area contributed by atoms with Crippen molar-refractivity contribution < 1.29 is 14.5 Å². The van der Waals surface area contributed by atoms with Gasteiger partial charge < -0.3 is 10.1 Å². The number of nitrogens with zero attached hydrogens (tertiary/aromatic N) is 1. The number of nitro benzene ring substituents is 1. The molecule has 1 amide bonds. The number of rotatable bonds is 5. The third-order valence-corrected chi connectivity index (χ3v) is 3.70. The molecular formula is C18H20N2O4. The third-order valence-electron chi connectivity index (χ3n) is 3.70. The van der Waals surface area contributed by atoms with Gasteiger partial charge in [-0.3, -0.25) is 14.9 Å². The van der Waals surface area contributed by atoms with Crippen LogP contribution in [0.2, 0.25) is 0 Å². The number of hydrogen-bond donors (Lipinski definition) is 1. The molecular weight excluding hydrogens is 308 g/mol. The Hall–Kier alpha value is -2.89. The first-order valence-corrected chi connectivity index (χ1v) is 7.53. The molecule has 126 valence electrons. The van der Waals surface area contributed by atoms with Crippen LogP contribution >= 0.6 is 0 Å². The van der Waals surface area contributed by atoms with E-state index < -0.39 is 4.92 Å². The summed E-state index contributed by atoms with van der Waals surface area (Å²) < 4.78 is 5.73. The van der Waals surface area contributed by atoms with Gasteiger partial charge in [0.25, 0.3) is 5.69 Å². The van der Waals surface area contributed by atoms with Gasteiger partial charge in [-0.2, -0.15) is 0 Å². The molecule has 24 heavy (non-hydrogen) atoms. The fourth-order valence-electron chi connectivity index (χ4n) is 2.64. The first-order chi connectivity index (χ1) is 11.3. The number of nitro groups is 1. The number of aryl methyl sites for hydroxylation is 3.